The minimum absolute atomic E-state index is 0.0592. The first kappa shape index (κ1) is 33.8. The third kappa shape index (κ3) is 6.18. The van der Waals surface area contributed by atoms with E-state index in [-0.39, 0.29) is 24.4 Å². The maximum atomic E-state index is 14.4. The lowest BCUT2D eigenvalue weighted by Crippen LogP contribution is -2.55. The Labute approximate surface area is 286 Å². The third-order valence-electron chi connectivity index (χ3n) is 9.37. The highest BCUT2D eigenvalue weighted by Gasteiger charge is 2.55. The summed E-state index contributed by atoms with van der Waals surface area (Å²) in [5.74, 6) is 0.564. The Bertz CT molecular complexity index is 1940. The number of anilines is 1. The van der Waals surface area contributed by atoms with E-state index in [9.17, 15) is 9.59 Å². The summed E-state index contributed by atoms with van der Waals surface area (Å²) in [7, 11) is 2.21. The molecule has 14 heteroatoms. The van der Waals surface area contributed by atoms with Crippen LogP contribution < -0.4 is 15.8 Å². The average molecular weight is 703 g/mol. The lowest BCUT2D eigenvalue weighted by atomic mass is 9.83. The number of amides is 1. The van der Waals surface area contributed by atoms with E-state index in [1.54, 1.807) is 23.3 Å². The molecular weight excluding hydrogens is 657 g/mol. The van der Waals surface area contributed by atoms with Crippen LogP contribution in [0.1, 0.15) is 47.0 Å². The quantitative estimate of drug-likeness (QED) is 0.157. The fraction of sp³-hybridized carbons (Fsp3) is 0.576. The molecule has 0 saturated carbocycles. The van der Waals surface area contributed by atoms with Crippen LogP contribution in [0.25, 0.3) is 33.1 Å². The van der Waals surface area contributed by atoms with Gasteiger partial charge in [-0.3, -0.25) is 14.0 Å². The van der Waals surface area contributed by atoms with Gasteiger partial charge >= 0.3 is 6.09 Å². The van der Waals surface area contributed by atoms with Crippen molar-refractivity contribution in [3.05, 3.63) is 38.9 Å². The molecule has 4 aromatic rings. The molecule has 2 aliphatic heterocycles. The number of carbonyl (C=O) groups excluding carboxylic acids is 1. The molecule has 5 heterocycles. The summed E-state index contributed by atoms with van der Waals surface area (Å²) in [4.78, 5) is 34.7. The van der Waals surface area contributed by atoms with Crippen molar-refractivity contribution in [2.45, 2.75) is 103 Å². The number of hydrogen-bond acceptors (Lipinski definition) is 7. The number of fused-ring (bicyclic) bond motifs is 4. The van der Waals surface area contributed by atoms with Crippen molar-refractivity contribution in [3.8, 4) is 11.1 Å². The van der Waals surface area contributed by atoms with Crippen molar-refractivity contribution < 1.29 is 14.3 Å². The first-order valence-corrected chi connectivity index (χ1v) is 20.6. The van der Waals surface area contributed by atoms with Crippen LogP contribution in [0, 0.1) is 0 Å². The van der Waals surface area contributed by atoms with Crippen LogP contribution in [0.4, 0.5) is 10.7 Å². The van der Waals surface area contributed by atoms with Crippen LogP contribution >= 0.6 is 23.2 Å². The summed E-state index contributed by atoms with van der Waals surface area (Å²) in [6.07, 6.45) is 3.98. The van der Waals surface area contributed by atoms with Crippen molar-refractivity contribution in [1.82, 2.24) is 29.2 Å². The van der Waals surface area contributed by atoms with E-state index < -0.39 is 25.3 Å². The molecule has 0 unspecified atom stereocenters. The number of aryl methyl sites for hydroxylation is 1. The molecule has 3 aromatic heterocycles. The lowest BCUT2D eigenvalue weighted by molar-refractivity contribution is 0.0449. The van der Waals surface area contributed by atoms with Gasteiger partial charge in [0, 0.05) is 52.1 Å². The standard InChI is InChI=1S/C33H45Cl2N7O4Si/c1-32(2,3)46-31(44)37-33(4)16-19-10-13-23(33)42(19)30-36-28-24(29(43)39(30)5)21(17-41(28)18-45-14-15-47(7,8)9)20-11-12-22-25(26(20)34)27(35)40(6)38-22/h11-12,17,19,23H,10,13-16,18H2,1-9H3,(H,37,44)/t19-,23+,33+/m0/s1. The first-order chi connectivity index (χ1) is 21.9. The zero-order valence-corrected chi connectivity index (χ0v) is 31.2. The van der Waals surface area contributed by atoms with Gasteiger partial charge in [0.1, 0.15) is 17.5 Å². The third-order valence-corrected chi connectivity index (χ3v) is 11.9. The fourth-order valence-corrected chi connectivity index (χ4v) is 8.49. The largest absolute Gasteiger partial charge is 0.444 e. The molecule has 0 aliphatic carbocycles. The molecule has 254 valence electrons. The molecule has 6 rings (SSSR count). The monoisotopic (exact) mass is 701 g/mol. The number of halogens is 2. The van der Waals surface area contributed by atoms with Gasteiger partial charge in [-0.15, -0.1) is 0 Å². The van der Waals surface area contributed by atoms with E-state index in [0.29, 0.717) is 55.8 Å². The Morgan fingerprint density at radius 1 is 1.13 bits per heavy atom. The summed E-state index contributed by atoms with van der Waals surface area (Å²) in [5, 5.41) is 9.54. The molecule has 47 heavy (non-hydrogen) atoms. The molecule has 0 radical (unpaired) electrons. The van der Waals surface area contributed by atoms with Crippen molar-refractivity contribution in [2.75, 3.05) is 11.5 Å². The predicted octanol–water partition coefficient (Wildman–Crippen LogP) is 6.93. The molecule has 3 atom stereocenters. The van der Waals surface area contributed by atoms with Gasteiger partial charge in [0.05, 0.1) is 32.9 Å². The van der Waals surface area contributed by atoms with E-state index in [4.69, 9.17) is 37.7 Å². The summed E-state index contributed by atoms with van der Waals surface area (Å²) < 4.78 is 16.9. The number of hydrogen-bond donors (Lipinski definition) is 1. The minimum Gasteiger partial charge on any atom is -0.444 e. The van der Waals surface area contributed by atoms with Gasteiger partial charge in [-0.05, 0) is 59.1 Å². The number of ether oxygens (including phenoxy) is 2. The summed E-state index contributed by atoms with van der Waals surface area (Å²) in [5.41, 5.74) is 1.17. The number of nitrogens with zero attached hydrogens (tertiary/aromatic N) is 6. The number of nitrogens with one attached hydrogen (secondary N) is 1. The Morgan fingerprint density at radius 3 is 2.53 bits per heavy atom. The smallest absolute Gasteiger partial charge is 0.408 e. The summed E-state index contributed by atoms with van der Waals surface area (Å²) in [6, 6.07) is 4.80. The number of alkyl carbamates (subject to hydrolysis) is 1. The number of rotatable bonds is 8. The zero-order valence-electron chi connectivity index (χ0n) is 28.7. The Balaban J connectivity index is 1.45. The molecule has 2 fully saturated rings. The van der Waals surface area contributed by atoms with Crippen molar-refractivity contribution >= 4 is 65.3 Å². The van der Waals surface area contributed by atoms with E-state index in [1.807, 2.05) is 43.7 Å². The normalized spacial score (nSPS) is 21.4. The van der Waals surface area contributed by atoms with Crippen LogP contribution in [0.2, 0.25) is 35.9 Å². The average Bonchev–Trinajstić information content (AvgIpc) is 3.66. The minimum atomic E-state index is -1.31. The fourth-order valence-electron chi connectivity index (χ4n) is 7.11. The van der Waals surface area contributed by atoms with Crippen molar-refractivity contribution in [3.63, 3.8) is 0 Å². The van der Waals surface area contributed by atoms with Crippen LogP contribution in [-0.4, -0.2) is 67.9 Å². The van der Waals surface area contributed by atoms with Crippen LogP contribution in [0.5, 0.6) is 0 Å². The van der Waals surface area contributed by atoms with Crippen molar-refractivity contribution in [2.24, 2.45) is 14.1 Å². The van der Waals surface area contributed by atoms with Gasteiger partial charge in [-0.1, -0.05) is 48.9 Å². The molecule has 2 aliphatic rings. The summed E-state index contributed by atoms with van der Waals surface area (Å²) >= 11 is 13.6. The van der Waals surface area contributed by atoms with Crippen molar-refractivity contribution in [1.29, 1.82) is 0 Å². The van der Waals surface area contributed by atoms with Gasteiger partial charge in [-0.2, -0.15) is 10.1 Å². The highest BCUT2D eigenvalue weighted by molar-refractivity contribution is 6.76. The van der Waals surface area contributed by atoms with Gasteiger partial charge in [0.2, 0.25) is 5.95 Å². The molecule has 11 nitrogen and oxygen atoms in total. The topological polar surface area (TPSA) is 108 Å². The maximum absolute atomic E-state index is 14.4. The lowest BCUT2D eigenvalue weighted by Gasteiger charge is -2.35. The highest BCUT2D eigenvalue weighted by atomic mass is 35.5. The van der Waals surface area contributed by atoms with Crippen LogP contribution in [0.3, 0.4) is 0 Å². The zero-order chi connectivity index (χ0) is 34.2. The van der Waals surface area contributed by atoms with Gasteiger partial charge in [0.15, 0.2) is 5.65 Å². The van der Waals surface area contributed by atoms with Gasteiger partial charge in [0.25, 0.3) is 5.56 Å². The molecular formula is C33H45Cl2N7O4Si. The SMILES string of the molecule is Cn1nc2ccc(-c3cn(COCC[Si](C)(C)C)c4nc(N5[C@H]6CC[C@@H]5[C@](C)(NC(=O)OC(C)(C)C)C6)n(C)c(=O)c34)c(Cl)c2c1Cl. The van der Waals surface area contributed by atoms with Crippen LogP contribution in [0.15, 0.2) is 23.1 Å². The molecule has 0 spiro atoms. The molecule has 2 bridgehead atoms. The molecule has 1 amide bonds. The molecule has 2 saturated heterocycles. The van der Waals surface area contributed by atoms with Gasteiger partial charge < -0.3 is 24.3 Å². The Morgan fingerprint density at radius 2 is 1.85 bits per heavy atom. The van der Waals surface area contributed by atoms with E-state index in [0.717, 1.165) is 25.3 Å². The maximum Gasteiger partial charge on any atom is 0.408 e. The Kier molecular flexibility index (Phi) is 8.50. The highest BCUT2D eigenvalue weighted by Crippen LogP contribution is 2.47. The first-order valence-electron chi connectivity index (χ1n) is 16.2. The summed E-state index contributed by atoms with van der Waals surface area (Å²) in [6.45, 7) is 15.4. The second-order valence-electron chi connectivity index (χ2n) is 15.5. The molecule has 1 N–H and O–H groups in total. The molecule has 1 aromatic carbocycles. The van der Waals surface area contributed by atoms with E-state index in [2.05, 4.69) is 41.9 Å². The number of aromatic nitrogens is 5. The van der Waals surface area contributed by atoms with Gasteiger partial charge in [-0.25, -0.2) is 4.79 Å². The second kappa shape index (κ2) is 11.8. The number of carbonyl (C=O) groups is 1. The van der Waals surface area contributed by atoms with Crippen LogP contribution in [-0.2, 0) is 30.3 Å². The number of benzene rings is 1. The van der Waals surface area contributed by atoms with E-state index >= 15 is 0 Å². The van der Waals surface area contributed by atoms with E-state index in [1.165, 1.54) is 0 Å². The predicted molar refractivity (Wildman–Crippen MR) is 190 cm³/mol. The second-order valence-corrected chi connectivity index (χ2v) is 21.8. The Hall–Kier alpha value is -3.06.